The van der Waals surface area contributed by atoms with E-state index in [2.05, 4.69) is 21.6 Å². The van der Waals surface area contributed by atoms with E-state index < -0.39 is 0 Å². The monoisotopic (exact) mass is 377 g/mol. The molecule has 5 nitrogen and oxygen atoms in total. The first-order chi connectivity index (χ1) is 12.2. The summed E-state index contributed by atoms with van der Waals surface area (Å²) in [4.78, 5) is 11.9. The predicted molar refractivity (Wildman–Crippen MR) is 99.6 cm³/mol. The van der Waals surface area contributed by atoms with E-state index in [1.54, 1.807) is 12.1 Å². The molecule has 2 aromatic rings. The van der Waals surface area contributed by atoms with Gasteiger partial charge in [0.15, 0.2) is 0 Å². The number of halogens is 1. The van der Waals surface area contributed by atoms with Crippen molar-refractivity contribution >= 4 is 29.3 Å². The van der Waals surface area contributed by atoms with E-state index in [1.807, 2.05) is 12.1 Å². The second-order valence-electron chi connectivity index (χ2n) is 5.88. The van der Waals surface area contributed by atoms with Gasteiger partial charge in [0, 0.05) is 17.1 Å². The highest BCUT2D eigenvalue weighted by molar-refractivity contribution is 7.99. The van der Waals surface area contributed by atoms with E-state index in [1.165, 1.54) is 43.0 Å². The van der Waals surface area contributed by atoms with Gasteiger partial charge in [0.05, 0.1) is 5.75 Å². The first-order valence-electron chi connectivity index (χ1n) is 8.37. The van der Waals surface area contributed by atoms with Crippen molar-refractivity contribution in [3.63, 3.8) is 0 Å². The van der Waals surface area contributed by atoms with E-state index in [-0.39, 0.29) is 11.7 Å². The van der Waals surface area contributed by atoms with Gasteiger partial charge in [0.1, 0.15) is 0 Å². The quantitative estimate of drug-likeness (QED) is 0.568. The normalized spacial score (nSPS) is 14.2. The standard InChI is InChI=1S/C18H20ClN3O2S/c19-15-8-6-14(7-9-15)17-21-22-18(24-17)25-12-16(23)20-11-10-13-4-2-1-3-5-13/h4,6-9H,1-3,5,10-12H2,(H,20,23). The van der Waals surface area contributed by atoms with Gasteiger partial charge in [0.25, 0.3) is 5.22 Å². The van der Waals surface area contributed by atoms with E-state index >= 15 is 0 Å². The second-order valence-corrected chi connectivity index (χ2v) is 7.24. The summed E-state index contributed by atoms with van der Waals surface area (Å²) in [6.07, 6.45) is 8.14. The number of thioether (sulfide) groups is 1. The number of allylic oxidation sites excluding steroid dienone is 1. The highest BCUT2D eigenvalue weighted by Crippen LogP contribution is 2.24. The summed E-state index contributed by atoms with van der Waals surface area (Å²) in [7, 11) is 0. The number of carbonyl (C=O) groups is 1. The molecule has 0 bridgehead atoms. The zero-order valence-corrected chi connectivity index (χ0v) is 15.4. The van der Waals surface area contributed by atoms with Crippen molar-refractivity contribution < 1.29 is 9.21 Å². The lowest BCUT2D eigenvalue weighted by molar-refractivity contribution is -0.118. The van der Waals surface area contributed by atoms with Gasteiger partial charge in [-0.2, -0.15) is 0 Å². The summed E-state index contributed by atoms with van der Waals surface area (Å²) in [6, 6.07) is 7.17. The maximum atomic E-state index is 11.9. The number of amides is 1. The van der Waals surface area contributed by atoms with Gasteiger partial charge < -0.3 is 9.73 Å². The van der Waals surface area contributed by atoms with Crippen molar-refractivity contribution in [3.05, 3.63) is 40.9 Å². The minimum absolute atomic E-state index is 0.0207. The van der Waals surface area contributed by atoms with Crippen LogP contribution in [0.15, 0.2) is 45.6 Å². The Balaban J connectivity index is 1.41. The molecule has 1 N–H and O–H groups in total. The van der Waals surface area contributed by atoms with Crippen LogP contribution in [0.2, 0.25) is 5.02 Å². The molecule has 1 aliphatic carbocycles. The summed E-state index contributed by atoms with van der Waals surface area (Å²) in [5.41, 5.74) is 2.26. The molecule has 7 heteroatoms. The molecular weight excluding hydrogens is 358 g/mol. The third-order valence-electron chi connectivity index (χ3n) is 3.98. The number of hydrogen-bond acceptors (Lipinski definition) is 5. The van der Waals surface area contributed by atoms with Gasteiger partial charge in [-0.1, -0.05) is 35.0 Å². The molecule has 1 heterocycles. The van der Waals surface area contributed by atoms with Crippen molar-refractivity contribution in [2.75, 3.05) is 12.3 Å². The van der Waals surface area contributed by atoms with Crippen LogP contribution in [0.3, 0.4) is 0 Å². The SMILES string of the molecule is O=C(CSc1nnc(-c2ccc(Cl)cc2)o1)NCCC1=CCCCC1. The molecule has 1 aromatic carbocycles. The molecule has 0 aliphatic heterocycles. The van der Waals surface area contributed by atoms with Crippen molar-refractivity contribution in [1.82, 2.24) is 15.5 Å². The summed E-state index contributed by atoms with van der Waals surface area (Å²) in [5, 5.41) is 11.9. The molecule has 0 saturated heterocycles. The van der Waals surface area contributed by atoms with Gasteiger partial charge in [0.2, 0.25) is 11.8 Å². The second kappa shape index (κ2) is 9.06. The lowest BCUT2D eigenvalue weighted by Crippen LogP contribution is -2.26. The van der Waals surface area contributed by atoms with Crippen LogP contribution in [0, 0.1) is 0 Å². The minimum Gasteiger partial charge on any atom is -0.411 e. The summed E-state index contributed by atoms with van der Waals surface area (Å²) in [6.45, 7) is 0.686. The fourth-order valence-electron chi connectivity index (χ4n) is 2.65. The molecule has 0 radical (unpaired) electrons. The Morgan fingerprint density at radius 1 is 1.24 bits per heavy atom. The van der Waals surface area contributed by atoms with Gasteiger partial charge in [-0.3, -0.25) is 4.79 Å². The predicted octanol–water partition coefficient (Wildman–Crippen LogP) is 4.49. The molecule has 0 atom stereocenters. The molecule has 0 spiro atoms. The van der Waals surface area contributed by atoms with Crippen LogP contribution in [0.1, 0.15) is 32.1 Å². The molecule has 3 rings (SSSR count). The number of aromatic nitrogens is 2. The number of carbonyl (C=O) groups excluding carboxylic acids is 1. The Morgan fingerprint density at radius 2 is 2.08 bits per heavy atom. The Hall–Kier alpha value is -1.79. The van der Waals surface area contributed by atoms with Crippen molar-refractivity contribution in [2.24, 2.45) is 0 Å². The lowest BCUT2D eigenvalue weighted by atomic mass is 9.97. The average molecular weight is 378 g/mol. The van der Waals surface area contributed by atoms with Crippen molar-refractivity contribution in [1.29, 1.82) is 0 Å². The first kappa shape index (κ1) is 18.0. The zero-order chi connectivity index (χ0) is 17.5. The molecule has 0 unspecified atom stereocenters. The fourth-order valence-corrected chi connectivity index (χ4v) is 3.37. The summed E-state index contributed by atoms with van der Waals surface area (Å²) in [5.74, 6) is 0.665. The minimum atomic E-state index is -0.0207. The lowest BCUT2D eigenvalue weighted by Gasteiger charge is -2.12. The van der Waals surface area contributed by atoms with Crippen LogP contribution >= 0.6 is 23.4 Å². The number of benzene rings is 1. The van der Waals surface area contributed by atoms with E-state index in [0.29, 0.717) is 22.7 Å². The number of hydrogen-bond donors (Lipinski definition) is 1. The highest BCUT2D eigenvalue weighted by atomic mass is 35.5. The molecular formula is C18H20ClN3O2S. The maximum Gasteiger partial charge on any atom is 0.277 e. The first-order valence-corrected chi connectivity index (χ1v) is 9.74. The van der Waals surface area contributed by atoms with Crippen LogP contribution in [0.25, 0.3) is 11.5 Å². The van der Waals surface area contributed by atoms with Crippen molar-refractivity contribution in [2.45, 2.75) is 37.3 Å². The Morgan fingerprint density at radius 3 is 2.84 bits per heavy atom. The van der Waals surface area contributed by atoms with Crippen LogP contribution < -0.4 is 5.32 Å². The summed E-state index contributed by atoms with van der Waals surface area (Å²) >= 11 is 7.10. The van der Waals surface area contributed by atoms with Crippen LogP contribution in [-0.4, -0.2) is 28.4 Å². The largest absolute Gasteiger partial charge is 0.411 e. The van der Waals surface area contributed by atoms with Gasteiger partial charge in [-0.25, -0.2) is 0 Å². The molecule has 0 fully saturated rings. The van der Waals surface area contributed by atoms with E-state index in [0.717, 1.165) is 12.0 Å². The Kier molecular flexibility index (Phi) is 6.53. The van der Waals surface area contributed by atoms with Crippen LogP contribution in [-0.2, 0) is 4.79 Å². The summed E-state index contributed by atoms with van der Waals surface area (Å²) < 4.78 is 5.57. The van der Waals surface area contributed by atoms with Gasteiger partial charge in [-0.15, -0.1) is 10.2 Å². The third-order valence-corrected chi connectivity index (χ3v) is 5.05. The van der Waals surface area contributed by atoms with Crippen LogP contribution in [0.4, 0.5) is 0 Å². The zero-order valence-electron chi connectivity index (χ0n) is 13.8. The Labute approximate surface area is 156 Å². The molecule has 1 aliphatic rings. The number of nitrogens with zero attached hydrogens (tertiary/aromatic N) is 2. The van der Waals surface area contributed by atoms with E-state index in [4.69, 9.17) is 16.0 Å². The number of rotatable bonds is 7. The molecule has 1 amide bonds. The average Bonchev–Trinajstić information content (AvgIpc) is 3.10. The fraction of sp³-hybridized carbons (Fsp3) is 0.389. The van der Waals surface area contributed by atoms with E-state index in [9.17, 15) is 4.79 Å². The van der Waals surface area contributed by atoms with Gasteiger partial charge >= 0.3 is 0 Å². The molecule has 0 saturated carbocycles. The smallest absolute Gasteiger partial charge is 0.277 e. The molecule has 132 valence electrons. The van der Waals surface area contributed by atoms with Crippen molar-refractivity contribution in [3.8, 4) is 11.5 Å². The Bertz CT molecular complexity index is 743. The highest BCUT2D eigenvalue weighted by Gasteiger charge is 2.11. The topological polar surface area (TPSA) is 68.0 Å². The molecule has 25 heavy (non-hydrogen) atoms. The van der Waals surface area contributed by atoms with Gasteiger partial charge in [-0.05, 0) is 56.4 Å². The maximum absolute atomic E-state index is 11.9. The third kappa shape index (κ3) is 5.61. The molecule has 1 aromatic heterocycles. The number of nitrogens with one attached hydrogen (secondary N) is 1. The van der Waals surface area contributed by atoms with Crippen LogP contribution in [0.5, 0.6) is 0 Å².